The topological polar surface area (TPSA) is 58.4 Å². The molecular weight excluding hydrogens is 286 g/mol. The van der Waals surface area contributed by atoms with Crippen molar-refractivity contribution in [3.8, 4) is 0 Å². The Balaban J connectivity index is 2.70. The number of anilines is 1. The summed E-state index contributed by atoms with van der Waals surface area (Å²) in [6.07, 6.45) is 0. The summed E-state index contributed by atoms with van der Waals surface area (Å²) in [6, 6.07) is 5.10. The number of benzene rings is 1. The van der Waals surface area contributed by atoms with E-state index in [0.717, 1.165) is 12.2 Å². The fourth-order valence-corrected chi connectivity index (χ4v) is 1.71. The molecule has 1 N–H and O–H groups in total. The average Bonchev–Trinajstić information content (AvgIpc) is 2.26. The van der Waals surface area contributed by atoms with Gasteiger partial charge in [0.15, 0.2) is 0 Å². The van der Waals surface area contributed by atoms with E-state index in [2.05, 4.69) is 33.1 Å². The van der Waals surface area contributed by atoms with Crippen molar-refractivity contribution in [2.24, 2.45) is 0 Å². The Morgan fingerprint density at radius 2 is 2.18 bits per heavy atom. The van der Waals surface area contributed by atoms with Crippen molar-refractivity contribution in [1.29, 1.82) is 0 Å². The molecule has 1 aromatic carbocycles. The van der Waals surface area contributed by atoms with Crippen LogP contribution < -0.4 is 5.32 Å². The van der Waals surface area contributed by atoms with Crippen LogP contribution in [0.2, 0.25) is 0 Å². The van der Waals surface area contributed by atoms with Crippen LogP contribution >= 0.6 is 15.9 Å². The smallest absolute Gasteiger partial charge is 0.270 e. The second kappa shape index (κ2) is 5.97. The van der Waals surface area contributed by atoms with E-state index in [1.807, 2.05) is 14.1 Å². The summed E-state index contributed by atoms with van der Waals surface area (Å²) < 4.78 is 0.706. The molecule has 5 nitrogen and oxygen atoms in total. The predicted octanol–water partition coefficient (Wildman–Crippen LogP) is 2.72. The number of nitro benzene ring substituents is 1. The molecule has 0 aliphatic heterocycles. The molecule has 0 amide bonds. The van der Waals surface area contributed by atoms with E-state index in [9.17, 15) is 10.1 Å². The first-order valence-corrected chi connectivity index (χ1v) is 6.05. The number of hydrogen-bond donors (Lipinski definition) is 1. The normalized spacial score (nSPS) is 12.5. The average molecular weight is 302 g/mol. The van der Waals surface area contributed by atoms with Gasteiger partial charge in [-0.15, -0.1) is 0 Å². The van der Waals surface area contributed by atoms with Gasteiger partial charge in [-0.2, -0.15) is 0 Å². The Kier molecular flexibility index (Phi) is 4.89. The van der Waals surface area contributed by atoms with Crippen molar-refractivity contribution in [2.45, 2.75) is 13.0 Å². The maximum absolute atomic E-state index is 10.6. The summed E-state index contributed by atoms with van der Waals surface area (Å²) in [7, 11) is 4.02. The zero-order chi connectivity index (χ0) is 13.0. The number of nitrogens with one attached hydrogen (secondary N) is 1. The molecule has 0 saturated heterocycles. The fourth-order valence-electron chi connectivity index (χ4n) is 1.20. The molecule has 1 rings (SSSR count). The van der Waals surface area contributed by atoms with Gasteiger partial charge in [-0.05, 0) is 43.0 Å². The Bertz CT molecular complexity index is 410. The van der Waals surface area contributed by atoms with Gasteiger partial charge < -0.3 is 10.2 Å². The van der Waals surface area contributed by atoms with Crippen LogP contribution in [0.25, 0.3) is 0 Å². The maximum Gasteiger partial charge on any atom is 0.270 e. The lowest BCUT2D eigenvalue weighted by atomic mass is 10.2. The van der Waals surface area contributed by atoms with E-state index < -0.39 is 4.92 Å². The van der Waals surface area contributed by atoms with Gasteiger partial charge in [-0.3, -0.25) is 10.1 Å². The van der Waals surface area contributed by atoms with E-state index in [-0.39, 0.29) is 5.69 Å². The third kappa shape index (κ3) is 3.98. The summed E-state index contributed by atoms with van der Waals surface area (Å²) in [5.41, 5.74) is 0.951. The van der Waals surface area contributed by atoms with Crippen molar-refractivity contribution in [3.63, 3.8) is 0 Å². The highest BCUT2D eigenvalue weighted by Crippen LogP contribution is 2.27. The monoisotopic (exact) mass is 301 g/mol. The molecule has 0 spiro atoms. The van der Waals surface area contributed by atoms with Crippen LogP contribution in [0.3, 0.4) is 0 Å². The third-order valence-corrected chi connectivity index (χ3v) is 3.29. The minimum absolute atomic E-state index is 0.0862. The molecule has 0 fully saturated rings. The van der Waals surface area contributed by atoms with Gasteiger partial charge in [-0.1, -0.05) is 0 Å². The molecule has 0 aliphatic carbocycles. The lowest BCUT2D eigenvalue weighted by Gasteiger charge is -2.21. The van der Waals surface area contributed by atoms with Crippen LogP contribution in [0.1, 0.15) is 6.92 Å². The van der Waals surface area contributed by atoms with Gasteiger partial charge in [0.05, 0.1) is 4.92 Å². The molecule has 1 unspecified atom stereocenters. The first-order chi connectivity index (χ1) is 7.91. The first kappa shape index (κ1) is 13.9. The number of halogens is 1. The highest BCUT2D eigenvalue weighted by Gasteiger charge is 2.10. The lowest BCUT2D eigenvalue weighted by Crippen LogP contribution is -2.31. The van der Waals surface area contributed by atoms with Crippen molar-refractivity contribution in [2.75, 3.05) is 26.0 Å². The van der Waals surface area contributed by atoms with Crippen LogP contribution in [0, 0.1) is 10.1 Å². The molecule has 0 heterocycles. The summed E-state index contributed by atoms with van der Waals surface area (Å²) in [4.78, 5) is 12.3. The van der Waals surface area contributed by atoms with E-state index in [1.54, 1.807) is 6.07 Å². The molecule has 0 radical (unpaired) electrons. The highest BCUT2D eigenvalue weighted by atomic mass is 79.9. The first-order valence-electron chi connectivity index (χ1n) is 5.26. The van der Waals surface area contributed by atoms with Gasteiger partial charge >= 0.3 is 0 Å². The fraction of sp³-hybridized carbons (Fsp3) is 0.455. The molecule has 0 saturated carbocycles. The maximum atomic E-state index is 10.6. The Hall–Kier alpha value is -1.14. The largest absolute Gasteiger partial charge is 0.383 e. The summed E-state index contributed by atoms with van der Waals surface area (Å²) >= 11 is 3.32. The number of hydrogen-bond acceptors (Lipinski definition) is 4. The van der Waals surface area contributed by atoms with Crippen LogP contribution in [-0.4, -0.2) is 36.5 Å². The third-order valence-electron chi connectivity index (χ3n) is 2.63. The number of rotatable bonds is 5. The summed E-state index contributed by atoms with van der Waals surface area (Å²) in [5, 5.41) is 13.8. The lowest BCUT2D eigenvalue weighted by molar-refractivity contribution is -0.384. The number of nitrogens with zero attached hydrogens (tertiary/aromatic N) is 2. The van der Waals surface area contributed by atoms with Gasteiger partial charge in [-0.25, -0.2) is 0 Å². The molecule has 94 valence electrons. The predicted molar refractivity (Wildman–Crippen MR) is 72.4 cm³/mol. The second-order valence-electron chi connectivity index (χ2n) is 4.11. The van der Waals surface area contributed by atoms with E-state index in [0.29, 0.717) is 10.5 Å². The van der Waals surface area contributed by atoms with E-state index in [1.165, 1.54) is 12.1 Å². The van der Waals surface area contributed by atoms with Crippen LogP contribution in [0.5, 0.6) is 0 Å². The minimum Gasteiger partial charge on any atom is -0.383 e. The van der Waals surface area contributed by atoms with Crippen LogP contribution in [-0.2, 0) is 0 Å². The standard InChI is InChI=1S/C11H16BrN3O2/c1-8(14(2)3)7-13-11-5-4-9(15(16)17)6-10(11)12/h4-6,8,13H,7H2,1-3H3. The van der Waals surface area contributed by atoms with Crippen molar-refractivity contribution >= 4 is 27.3 Å². The van der Waals surface area contributed by atoms with Crippen molar-refractivity contribution in [3.05, 3.63) is 32.8 Å². The van der Waals surface area contributed by atoms with Gasteiger partial charge in [0, 0.05) is 34.9 Å². The number of nitro groups is 1. The Morgan fingerprint density at radius 1 is 1.53 bits per heavy atom. The van der Waals surface area contributed by atoms with E-state index in [4.69, 9.17) is 0 Å². The zero-order valence-electron chi connectivity index (χ0n) is 10.1. The molecule has 6 heteroatoms. The van der Waals surface area contributed by atoms with Gasteiger partial charge in [0.1, 0.15) is 0 Å². The Morgan fingerprint density at radius 3 is 2.65 bits per heavy atom. The quantitative estimate of drug-likeness (QED) is 0.671. The molecule has 1 atom stereocenters. The van der Waals surface area contributed by atoms with Gasteiger partial charge in [0.2, 0.25) is 0 Å². The SMILES string of the molecule is CC(CNc1ccc([N+](=O)[O-])cc1Br)N(C)C. The highest BCUT2D eigenvalue weighted by molar-refractivity contribution is 9.10. The molecule has 1 aromatic rings. The van der Waals surface area contributed by atoms with E-state index >= 15 is 0 Å². The molecule has 0 bridgehead atoms. The summed E-state index contributed by atoms with van der Waals surface area (Å²) in [6.45, 7) is 2.88. The van der Waals surface area contributed by atoms with Gasteiger partial charge in [0.25, 0.3) is 5.69 Å². The van der Waals surface area contributed by atoms with Crippen LogP contribution in [0.15, 0.2) is 22.7 Å². The minimum atomic E-state index is -0.406. The zero-order valence-corrected chi connectivity index (χ0v) is 11.7. The van der Waals surface area contributed by atoms with Crippen LogP contribution in [0.4, 0.5) is 11.4 Å². The second-order valence-corrected chi connectivity index (χ2v) is 4.97. The molecule has 0 aliphatic rings. The summed E-state index contributed by atoms with van der Waals surface area (Å²) in [5.74, 6) is 0. The number of likely N-dealkylation sites (N-methyl/N-ethyl adjacent to an activating group) is 1. The molecular formula is C11H16BrN3O2. The number of non-ortho nitro benzene ring substituents is 1. The van der Waals surface area contributed by atoms with Crippen molar-refractivity contribution < 1.29 is 4.92 Å². The molecule has 17 heavy (non-hydrogen) atoms. The molecule has 0 aromatic heterocycles. The van der Waals surface area contributed by atoms with Crippen molar-refractivity contribution in [1.82, 2.24) is 4.90 Å². The Labute approximate surface area is 109 Å².